The Kier molecular flexibility index (Phi) is 3.88. The van der Waals surface area contributed by atoms with E-state index < -0.39 is 5.82 Å². The van der Waals surface area contributed by atoms with E-state index in [9.17, 15) is 9.18 Å². The van der Waals surface area contributed by atoms with Gasteiger partial charge in [0.05, 0.1) is 6.04 Å². The molecule has 1 aliphatic carbocycles. The van der Waals surface area contributed by atoms with E-state index in [2.05, 4.69) is 32.3 Å². The zero-order chi connectivity index (χ0) is 16.7. The third-order valence-corrected chi connectivity index (χ3v) is 5.05. The zero-order valence-corrected chi connectivity index (χ0v) is 14.5. The van der Waals surface area contributed by atoms with Crippen LogP contribution in [0.5, 0.6) is 0 Å². The summed E-state index contributed by atoms with van der Waals surface area (Å²) >= 11 is 3.52. The van der Waals surface area contributed by atoms with Crippen molar-refractivity contribution >= 4 is 32.7 Å². The number of benzene rings is 2. The van der Waals surface area contributed by atoms with E-state index in [1.54, 1.807) is 12.1 Å². The number of carbonyl (C=O) groups is 1. The first-order valence-electron chi connectivity index (χ1n) is 7.98. The van der Waals surface area contributed by atoms with E-state index in [0.717, 1.165) is 34.9 Å². The van der Waals surface area contributed by atoms with Crippen molar-refractivity contribution in [1.82, 2.24) is 10.3 Å². The Balaban J connectivity index is 1.67. The van der Waals surface area contributed by atoms with E-state index >= 15 is 0 Å². The molecule has 3 nitrogen and oxygen atoms in total. The highest BCUT2D eigenvalue weighted by molar-refractivity contribution is 9.10. The minimum atomic E-state index is -0.401. The van der Waals surface area contributed by atoms with Crippen LogP contribution in [0.25, 0.3) is 10.9 Å². The molecule has 0 bridgehead atoms. The van der Waals surface area contributed by atoms with Gasteiger partial charge in [-0.2, -0.15) is 0 Å². The summed E-state index contributed by atoms with van der Waals surface area (Å²) in [6.07, 6.45) is 2.89. The van der Waals surface area contributed by atoms with Crippen molar-refractivity contribution in [3.8, 4) is 0 Å². The van der Waals surface area contributed by atoms with E-state index in [1.807, 2.05) is 12.1 Å². The number of halogens is 2. The quantitative estimate of drug-likeness (QED) is 0.647. The topological polar surface area (TPSA) is 44.9 Å². The van der Waals surface area contributed by atoms with Gasteiger partial charge in [0, 0.05) is 26.6 Å². The summed E-state index contributed by atoms with van der Waals surface area (Å²) in [5.41, 5.74) is 3.76. The van der Waals surface area contributed by atoms with E-state index in [4.69, 9.17) is 0 Å². The molecule has 1 atom stereocenters. The number of nitrogens with one attached hydrogen (secondary N) is 2. The number of hydrogen-bond donors (Lipinski definition) is 2. The van der Waals surface area contributed by atoms with Crippen molar-refractivity contribution in [1.29, 1.82) is 0 Å². The number of fused-ring (bicyclic) bond motifs is 3. The SMILES string of the molecule is O=C(NC1CCCc2c1[nH]c1ccc(Br)cc21)c1cccc(F)c1. The monoisotopic (exact) mass is 386 g/mol. The van der Waals surface area contributed by atoms with Gasteiger partial charge in [0.2, 0.25) is 0 Å². The van der Waals surface area contributed by atoms with Crippen molar-refractivity contribution in [3.05, 3.63) is 69.6 Å². The van der Waals surface area contributed by atoms with Gasteiger partial charge in [0.15, 0.2) is 0 Å². The standard InChI is InChI=1S/C19H16BrFN2O/c20-12-7-8-16-15(10-12)14-5-2-6-17(18(14)22-16)23-19(24)11-3-1-4-13(21)9-11/h1,3-4,7-10,17,22H,2,5-6H2,(H,23,24). The van der Waals surface area contributed by atoms with Crippen LogP contribution in [0.3, 0.4) is 0 Å². The van der Waals surface area contributed by atoms with Gasteiger partial charge in [-0.05, 0) is 61.2 Å². The fraction of sp³-hybridized carbons (Fsp3) is 0.211. The first-order valence-corrected chi connectivity index (χ1v) is 8.77. The molecule has 24 heavy (non-hydrogen) atoms. The molecule has 0 spiro atoms. The van der Waals surface area contributed by atoms with Crippen molar-refractivity contribution in [2.24, 2.45) is 0 Å². The highest BCUT2D eigenvalue weighted by Crippen LogP contribution is 2.35. The van der Waals surface area contributed by atoms with Crippen molar-refractivity contribution < 1.29 is 9.18 Å². The molecule has 122 valence electrons. The Hall–Kier alpha value is -2.14. The lowest BCUT2D eigenvalue weighted by Gasteiger charge is -2.24. The van der Waals surface area contributed by atoms with Gasteiger partial charge in [-0.15, -0.1) is 0 Å². The molecule has 1 aromatic heterocycles. The predicted molar refractivity (Wildman–Crippen MR) is 95.5 cm³/mol. The average Bonchev–Trinajstić information content (AvgIpc) is 2.94. The lowest BCUT2D eigenvalue weighted by molar-refractivity contribution is 0.0931. The van der Waals surface area contributed by atoms with Crippen molar-refractivity contribution in [2.75, 3.05) is 0 Å². The summed E-state index contributed by atoms with van der Waals surface area (Å²) in [4.78, 5) is 15.9. The lowest BCUT2D eigenvalue weighted by Crippen LogP contribution is -2.31. The molecule has 1 unspecified atom stereocenters. The number of aromatic amines is 1. The van der Waals surface area contributed by atoms with Crippen LogP contribution in [0.2, 0.25) is 0 Å². The summed E-state index contributed by atoms with van der Waals surface area (Å²) in [6, 6.07) is 11.9. The van der Waals surface area contributed by atoms with Gasteiger partial charge < -0.3 is 10.3 Å². The molecule has 1 heterocycles. The van der Waals surface area contributed by atoms with E-state index in [-0.39, 0.29) is 11.9 Å². The lowest BCUT2D eigenvalue weighted by atomic mass is 9.91. The van der Waals surface area contributed by atoms with Gasteiger partial charge in [-0.3, -0.25) is 4.79 Å². The number of aromatic nitrogens is 1. The Morgan fingerprint density at radius 2 is 2.12 bits per heavy atom. The molecule has 0 saturated heterocycles. The van der Waals surface area contributed by atoms with Crippen LogP contribution in [-0.4, -0.2) is 10.9 Å². The van der Waals surface area contributed by atoms with Crippen LogP contribution in [-0.2, 0) is 6.42 Å². The maximum Gasteiger partial charge on any atom is 0.251 e. The van der Waals surface area contributed by atoms with Crippen LogP contribution < -0.4 is 5.32 Å². The molecule has 3 aromatic rings. The molecule has 1 aliphatic rings. The molecule has 2 N–H and O–H groups in total. The van der Waals surface area contributed by atoms with E-state index in [1.165, 1.54) is 23.1 Å². The Morgan fingerprint density at radius 1 is 1.25 bits per heavy atom. The Bertz CT molecular complexity index is 934. The number of aryl methyl sites for hydroxylation is 1. The molecule has 0 saturated carbocycles. The molecule has 0 radical (unpaired) electrons. The fourth-order valence-corrected chi connectivity index (χ4v) is 3.81. The number of H-pyrrole nitrogens is 1. The summed E-state index contributed by atoms with van der Waals surface area (Å²) in [5, 5.41) is 4.24. The third kappa shape index (κ3) is 2.73. The number of hydrogen-bond acceptors (Lipinski definition) is 1. The van der Waals surface area contributed by atoms with Crippen LogP contribution in [0.15, 0.2) is 46.9 Å². The molecule has 0 aliphatic heterocycles. The molecule has 5 heteroatoms. The Labute approximate surface area is 147 Å². The van der Waals surface area contributed by atoms with Crippen LogP contribution in [0, 0.1) is 5.82 Å². The molecule has 0 fully saturated rings. The maximum atomic E-state index is 13.3. The van der Waals surface area contributed by atoms with E-state index in [0.29, 0.717) is 5.56 Å². The second-order valence-electron chi connectivity index (χ2n) is 6.14. The van der Waals surface area contributed by atoms with Gasteiger partial charge >= 0.3 is 0 Å². The molecular weight excluding hydrogens is 371 g/mol. The molecular formula is C19H16BrFN2O. The first kappa shape index (κ1) is 15.4. The maximum absolute atomic E-state index is 13.3. The summed E-state index contributed by atoms with van der Waals surface area (Å²) < 4.78 is 14.4. The molecule has 1 amide bonds. The fourth-order valence-electron chi connectivity index (χ4n) is 3.45. The first-order chi connectivity index (χ1) is 11.6. The van der Waals surface area contributed by atoms with Crippen LogP contribution >= 0.6 is 15.9 Å². The minimum Gasteiger partial charge on any atom is -0.356 e. The number of carbonyl (C=O) groups excluding carboxylic acids is 1. The number of amides is 1. The largest absolute Gasteiger partial charge is 0.356 e. The molecule has 4 rings (SSSR count). The second-order valence-corrected chi connectivity index (χ2v) is 7.05. The second kappa shape index (κ2) is 6.06. The highest BCUT2D eigenvalue weighted by atomic mass is 79.9. The van der Waals surface area contributed by atoms with Gasteiger partial charge in [-0.1, -0.05) is 22.0 Å². The van der Waals surface area contributed by atoms with Gasteiger partial charge in [-0.25, -0.2) is 4.39 Å². The number of rotatable bonds is 2. The average molecular weight is 387 g/mol. The minimum absolute atomic E-state index is 0.0734. The predicted octanol–water partition coefficient (Wildman–Crippen LogP) is 4.88. The smallest absolute Gasteiger partial charge is 0.251 e. The zero-order valence-electron chi connectivity index (χ0n) is 12.9. The Morgan fingerprint density at radius 3 is 2.96 bits per heavy atom. The molecule has 2 aromatic carbocycles. The van der Waals surface area contributed by atoms with Crippen molar-refractivity contribution in [3.63, 3.8) is 0 Å². The summed E-state index contributed by atoms with van der Waals surface area (Å²) in [5.74, 6) is -0.644. The summed E-state index contributed by atoms with van der Waals surface area (Å²) in [7, 11) is 0. The van der Waals surface area contributed by atoms with Crippen molar-refractivity contribution in [2.45, 2.75) is 25.3 Å². The van der Waals surface area contributed by atoms with Gasteiger partial charge in [0.1, 0.15) is 5.82 Å². The highest BCUT2D eigenvalue weighted by Gasteiger charge is 2.26. The van der Waals surface area contributed by atoms with Crippen LogP contribution in [0.1, 0.15) is 40.5 Å². The normalized spacial score (nSPS) is 16.8. The third-order valence-electron chi connectivity index (χ3n) is 4.56. The van der Waals surface area contributed by atoms with Crippen LogP contribution in [0.4, 0.5) is 4.39 Å². The van der Waals surface area contributed by atoms with Gasteiger partial charge in [0.25, 0.3) is 5.91 Å². The summed E-state index contributed by atoms with van der Waals surface area (Å²) in [6.45, 7) is 0.